The van der Waals surface area contributed by atoms with Crippen LogP contribution in [0.4, 0.5) is 0 Å². The SMILES string of the molecule is CC(=O)N[C@H](CC(=O)NNC(=O)c1ccccc1-n1cccc1)c1ccccc1. The van der Waals surface area contributed by atoms with Crippen molar-refractivity contribution in [3.8, 4) is 5.69 Å². The number of hydrazine groups is 1. The van der Waals surface area contributed by atoms with Gasteiger partial charge in [-0.1, -0.05) is 42.5 Å². The average molecular weight is 390 g/mol. The number of benzene rings is 2. The van der Waals surface area contributed by atoms with Gasteiger partial charge in [0.25, 0.3) is 5.91 Å². The van der Waals surface area contributed by atoms with Crippen molar-refractivity contribution in [2.45, 2.75) is 19.4 Å². The van der Waals surface area contributed by atoms with E-state index in [0.717, 1.165) is 5.56 Å². The summed E-state index contributed by atoms with van der Waals surface area (Å²) in [4.78, 5) is 36.5. The monoisotopic (exact) mass is 390 g/mol. The molecule has 0 saturated heterocycles. The van der Waals surface area contributed by atoms with Crippen molar-refractivity contribution < 1.29 is 14.4 Å². The van der Waals surface area contributed by atoms with E-state index in [0.29, 0.717) is 11.3 Å². The largest absolute Gasteiger partial charge is 0.349 e. The van der Waals surface area contributed by atoms with Crippen LogP contribution in [0.25, 0.3) is 5.69 Å². The molecule has 0 aliphatic rings. The predicted octanol–water partition coefficient (Wildman–Crippen LogP) is 2.51. The molecule has 7 heteroatoms. The maximum atomic E-state index is 12.6. The summed E-state index contributed by atoms with van der Waals surface area (Å²) in [6, 6.07) is 19.5. The summed E-state index contributed by atoms with van der Waals surface area (Å²) in [7, 11) is 0. The van der Waals surface area contributed by atoms with Gasteiger partial charge in [-0.2, -0.15) is 0 Å². The van der Waals surface area contributed by atoms with Gasteiger partial charge < -0.3 is 9.88 Å². The first-order valence-corrected chi connectivity index (χ1v) is 9.18. The summed E-state index contributed by atoms with van der Waals surface area (Å²) in [5, 5.41) is 2.76. The molecule has 0 saturated carbocycles. The first kappa shape index (κ1) is 19.9. The summed E-state index contributed by atoms with van der Waals surface area (Å²) in [6.07, 6.45) is 3.66. The van der Waals surface area contributed by atoms with Crippen molar-refractivity contribution >= 4 is 17.7 Å². The number of hydrogen-bond donors (Lipinski definition) is 3. The number of carbonyl (C=O) groups is 3. The highest BCUT2D eigenvalue weighted by Gasteiger charge is 2.18. The highest BCUT2D eigenvalue weighted by molar-refractivity contribution is 5.98. The Bertz CT molecular complexity index is 984. The maximum Gasteiger partial charge on any atom is 0.271 e. The van der Waals surface area contributed by atoms with Crippen LogP contribution in [0.3, 0.4) is 0 Å². The molecule has 7 nitrogen and oxygen atoms in total. The van der Waals surface area contributed by atoms with Gasteiger partial charge in [0.1, 0.15) is 0 Å². The van der Waals surface area contributed by atoms with Gasteiger partial charge in [-0.25, -0.2) is 0 Å². The molecule has 2 aromatic carbocycles. The van der Waals surface area contributed by atoms with Crippen LogP contribution >= 0.6 is 0 Å². The van der Waals surface area contributed by atoms with Gasteiger partial charge in [-0.3, -0.25) is 25.2 Å². The molecule has 0 radical (unpaired) electrons. The zero-order chi connectivity index (χ0) is 20.6. The van der Waals surface area contributed by atoms with Crippen LogP contribution in [0, 0.1) is 0 Å². The molecule has 0 bridgehead atoms. The van der Waals surface area contributed by atoms with E-state index >= 15 is 0 Å². The Morgan fingerprint density at radius 1 is 0.862 bits per heavy atom. The molecule has 148 valence electrons. The van der Waals surface area contributed by atoms with Crippen LogP contribution in [0.2, 0.25) is 0 Å². The molecule has 0 unspecified atom stereocenters. The lowest BCUT2D eigenvalue weighted by Crippen LogP contribution is -2.43. The van der Waals surface area contributed by atoms with Gasteiger partial charge in [0, 0.05) is 19.3 Å². The third-order valence-corrected chi connectivity index (χ3v) is 4.32. The Hall–Kier alpha value is -3.87. The number of nitrogens with zero attached hydrogens (tertiary/aromatic N) is 1. The summed E-state index contributed by atoms with van der Waals surface area (Å²) in [5.41, 5.74) is 6.80. The number of hydrogen-bond acceptors (Lipinski definition) is 3. The summed E-state index contributed by atoms with van der Waals surface area (Å²) in [6.45, 7) is 1.40. The fourth-order valence-corrected chi connectivity index (χ4v) is 3.00. The van der Waals surface area contributed by atoms with E-state index in [4.69, 9.17) is 0 Å². The van der Waals surface area contributed by atoms with E-state index in [-0.39, 0.29) is 12.3 Å². The maximum absolute atomic E-state index is 12.6. The Balaban J connectivity index is 1.64. The quantitative estimate of drug-likeness (QED) is 0.565. The van der Waals surface area contributed by atoms with Gasteiger partial charge in [-0.05, 0) is 29.8 Å². The van der Waals surface area contributed by atoms with Crippen LogP contribution in [0.5, 0.6) is 0 Å². The van der Waals surface area contributed by atoms with Gasteiger partial charge in [0.05, 0.1) is 23.7 Å². The third-order valence-electron chi connectivity index (χ3n) is 4.32. The van der Waals surface area contributed by atoms with Crippen molar-refractivity contribution in [1.29, 1.82) is 0 Å². The second-order valence-electron chi connectivity index (χ2n) is 6.48. The van der Waals surface area contributed by atoms with E-state index in [9.17, 15) is 14.4 Å². The lowest BCUT2D eigenvalue weighted by atomic mass is 10.0. The Labute approximate surface area is 168 Å². The fraction of sp³-hybridized carbons (Fsp3) is 0.136. The molecule has 3 N–H and O–H groups in total. The molecule has 1 aromatic heterocycles. The molecule has 0 fully saturated rings. The lowest BCUT2D eigenvalue weighted by Gasteiger charge is -2.18. The van der Waals surface area contributed by atoms with Crippen LogP contribution in [-0.4, -0.2) is 22.3 Å². The number of carbonyl (C=O) groups excluding carboxylic acids is 3. The standard InChI is InChI=1S/C22H22N4O3/c1-16(27)23-19(17-9-3-2-4-10-17)15-21(28)24-25-22(29)18-11-5-6-12-20(18)26-13-7-8-14-26/h2-14,19H,15H2,1H3,(H,23,27)(H,24,28)(H,25,29)/t19-/m1/s1. The molecule has 0 spiro atoms. The summed E-state index contributed by atoms with van der Waals surface area (Å²) < 4.78 is 1.82. The van der Waals surface area contributed by atoms with Crippen molar-refractivity contribution in [3.05, 3.63) is 90.3 Å². The fourth-order valence-electron chi connectivity index (χ4n) is 3.00. The number of rotatable bonds is 6. The number of aromatic nitrogens is 1. The Morgan fingerprint density at radius 3 is 2.21 bits per heavy atom. The molecular formula is C22H22N4O3. The topological polar surface area (TPSA) is 92.2 Å². The van der Waals surface area contributed by atoms with Gasteiger partial charge in [-0.15, -0.1) is 0 Å². The molecule has 1 heterocycles. The van der Waals surface area contributed by atoms with E-state index in [1.165, 1.54) is 6.92 Å². The smallest absolute Gasteiger partial charge is 0.271 e. The third kappa shape index (κ3) is 5.32. The minimum absolute atomic E-state index is 0.0108. The Morgan fingerprint density at radius 2 is 1.52 bits per heavy atom. The first-order valence-electron chi connectivity index (χ1n) is 9.18. The zero-order valence-corrected chi connectivity index (χ0v) is 16.0. The second-order valence-corrected chi connectivity index (χ2v) is 6.48. The number of nitrogens with one attached hydrogen (secondary N) is 3. The van der Waals surface area contributed by atoms with Crippen LogP contribution in [0.1, 0.15) is 35.3 Å². The minimum Gasteiger partial charge on any atom is -0.349 e. The molecule has 3 rings (SSSR count). The van der Waals surface area contributed by atoms with Gasteiger partial charge in [0.2, 0.25) is 11.8 Å². The van der Waals surface area contributed by atoms with Crippen LogP contribution < -0.4 is 16.2 Å². The average Bonchev–Trinajstić information content (AvgIpc) is 3.26. The minimum atomic E-state index is -0.488. The van der Waals surface area contributed by atoms with Crippen molar-refractivity contribution in [2.24, 2.45) is 0 Å². The lowest BCUT2D eigenvalue weighted by molar-refractivity contribution is -0.123. The van der Waals surface area contributed by atoms with E-state index in [2.05, 4.69) is 16.2 Å². The molecule has 0 aliphatic heterocycles. The predicted molar refractivity (Wildman–Crippen MR) is 109 cm³/mol. The van der Waals surface area contributed by atoms with E-state index < -0.39 is 17.9 Å². The zero-order valence-electron chi connectivity index (χ0n) is 16.0. The first-order chi connectivity index (χ1) is 14.0. The van der Waals surface area contributed by atoms with Crippen LogP contribution in [0.15, 0.2) is 79.1 Å². The summed E-state index contributed by atoms with van der Waals surface area (Å²) >= 11 is 0. The Kier molecular flexibility index (Phi) is 6.42. The number of amides is 3. The molecule has 3 aromatic rings. The molecular weight excluding hydrogens is 368 g/mol. The van der Waals surface area contributed by atoms with E-state index in [1.54, 1.807) is 12.1 Å². The van der Waals surface area contributed by atoms with Crippen molar-refractivity contribution in [2.75, 3.05) is 0 Å². The van der Waals surface area contributed by atoms with E-state index in [1.807, 2.05) is 71.6 Å². The van der Waals surface area contributed by atoms with Crippen LogP contribution in [-0.2, 0) is 9.59 Å². The molecule has 1 atom stereocenters. The molecule has 29 heavy (non-hydrogen) atoms. The van der Waals surface area contributed by atoms with Crippen molar-refractivity contribution in [3.63, 3.8) is 0 Å². The van der Waals surface area contributed by atoms with Gasteiger partial charge >= 0.3 is 0 Å². The van der Waals surface area contributed by atoms with Crippen molar-refractivity contribution in [1.82, 2.24) is 20.7 Å². The highest BCUT2D eigenvalue weighted by Crippen LogP contribution is 2.17. The second kappa shape index (κ2) is 9.36. The number of para-hydroxylation sites is 1. The highest BCUT2D eigenvalue weighted by atomic mass is 16.2. The molecule has 0 aliphatic carbocycles. The van der Waals surface area contributed by atoms with Gasteiger partial charge in [0.15, 0.2) is 0 Å². The molecule has 3 amide bonds. The summed E-state index contributed by atoms with van der Waals surface area (Å²) in [5.74, 6) is -1.09. The normalized spacial score (nSPS) is 11.3.